The molecule has 368 valence electrons. The lowest BCUT2D eigenvalue weighted by Crippen LogP contribution is -2.14. The van der Waals surface area contributed by atoms with Crippen LogP contribution in [-0.2, 0) is 30.4 Å². The van der Waals surface area contributed by atoms with Crippen molar-refractivity contribution < 1.29 is 4.74 Å². The zero-order valence-electron chi connectivity index (χ0n) is 43.3. The first-order valence-corrected chi connectivity index (χ1v) is 27.7. The molecule has 0 saturated heterocycles. The molecule has 0 fully saturated rings. The number of unbranched alkanes of at least 4 members (excludes halogenated alkanes) is 18. The molecule has 6 aromatic rings. The number of nitrogens with zero attached hydrogens (tertiary/aromatic N) is 4. The van der Waals surface area contributed by atoms with Crippen molar-refractivity contribution >= 4 is 0 Å². The molecular formula is C64H86N4O. The SMILES string of the molecule is CCCCCCCCc1cnc(-c2ccc(C(OC(c3ccc(CCCCCCC)cc3)c3ccc(-c4ncc(CCCCCCCC)cn4)cc3)c3ccc(CCCCCCC)cc3)cc2)nc1. The van der Waals surface area contributed by atoms with Crippen LogP contribution >= 0.6 is 0 Å². The second-order valence-corrected chi connectivity index (χ2v) is 19.8. The van der Waals surface area contributed by atoms with Gasteiger partial charge >= 0.3 is 0 Å². The summed E-state index contributed by atoms with van der Waals surface area (Å²) >= 11 is 0. The summed E-state index contributed by atoms with van der Waals surface area (Å²) in [7, 11) is 0. The monoisotopic (exact) mass is 927 g/mol. The molecule has 6 rings (SSSR count). The van der Waals surface area contributed by atoms with Gasteiger partial charge < -0.3 is 4.74 Å². The fourth-order valence-corrected chi connectivity index (χ4v) is 9.52. The van der Waals surface area contributed by atoms with E-state index in [0.717, 1.165) is 70.7 Å². The molecule has 0 bridgehead atoms. The summed E-state index contributed by atoms with van der Waals surface area (Å²) in [5.74, 6) is 1.52. The smallest absolute Gasteiger partial charge is 0.159 e. The summed E-state index contributed by atoms with van der Waals surface area (Å²) in [5.41, 5.74) is 11.7. The number of benzene rings is 4. The lowest BCUT2D eigenvalue weighted by molar-refractivity contribution is 0.0308. The molecule has 0 aliphatic heterocycles. The maximum atomic E-state index is 7.52. The molecule has 2 aromatic heterocycles. The molecule has 0 saturated carbocycles. The molecule has 2 unspecified atom stereocenters. The fourth-order valence-electron chi connectivity index (χ4n) is 9.52. The summed E-state index contributed by atoms with van der Waals surface area (Å²) in [4.78, 5) is 19.3. The molecule has 5 heteroatoms. The predicted molar refractivity (Wildman–Crippen MR) is 292 cm³/mol. The van der Waals surface area contributed by atoms with Crippen molar-refractivity contribution in [1.82, 2.24) is 19.9 Å². The molecule has 0 aliphatic carbocycles. The second kappa shape index (κ2) is 31.3. The van der Waals surface area contributed by atoms with E-state index in [1.165, 1.54) is 164 Å². The summed E-state index contributed by atoms with van der Waals surface area (Å²) in [6.07, 6.45) is 40.0. The number of hydrogen-bond acceptors (Lipinski definition) is 5. The lowest BCUT2D eigenvalue weighted by atomic mass is 9.95. The Morgan fingerprint density at radius 3 is 0.826 bits per heavy atom. The van der Waals surface area contributed by atoms with Gasteiger partial charge in [0, 0.05) is 35.9 Å². The summed E-state index contributed by atoms with van der Waals surface area (Å²) in [5, 5.41) is 0. The molecule has 0 amide bonds. The van der Waals surface area contributed by atoms with E-state index in [2.05, 4.69) is 125 Å². The van der Waals surface area contributed by atoms with Crippen molar-refractivity contribution in [3.63, 3.8) is 0 Å². The number of rotatable bonds is 34. The van der Waals surface area contributed by atoms with Crippen LogP contribution < -0.4 is 0 Å². The number of aromatic nitrogens is 4. The van der Waals surface area contributed by atoms with Crippen molar-refractivity contribution in [2.45, 2.75) is 207 Å². The summed E-state index contributed by atoms with van der Waals surface area (Å²) < 4.78 is 7.52. The molecule has 0 spiro atoms. The highest BCUT2D eigenvalue weighted by Crippen LogP contribution is 2.38. The third-order valence-corrected chi connectivity index (χ3v) is 14.0. The van der Waals surface area contributed by atoms with Gasteiger partial charge in [-0.3, -0.25) is 0 Å². The van der Waals surface area contributed by atoms with Gasteiger partial charge in [0.05, 0.1) is 0 Å². The van der Waals surface area contributed by atoms with Crippen molar-refractivity contribution in [2.75, 3.05) is 0 Å². The molecular weight excluding hydrogens is 841 g/mol. The number of aryl methyl sites for hydroxylation is 4. The minimum Gasteiger partial charge on any atom is -0.356 e. The van der Waals surface area contributed by atoms with Crippen molar-refractivity contribution in [3.05, 3.63) is 166 Å². The quantitative estimate of drug-likeness (QED) is 0.0377. The van der Waals surface area contributed by atoms with E-state index in [-0.39, 0.29) is 12.2 Å². The van der Waals surface area contributed by atoms with Gasteiger partial charge in [-0.2, -0.15) is 0 Å². The summed E-state index contributed by atoms with van der Waals surface area (Å²) in [6, 6.07) is 35.9. The van der Waals surface area contributed by atoms with Crippen molar-refractivity contribution in [2.24, 2.45) is 0 Å². The van der Waals surface area contributed by atoms with Gasteiger partial charge in [0.1, 0.15) is 12.2 Å². The van der Waals surface area contributed by atoms with E-state index >= 15 is 0 Å². The maximum Gasteiger partial charge on any atom is 0.159 e. The Morgan fingerprint density at radius 2 is 0.536 bits per heavy atom. The number of ether oxygens (including phenoxy) is 1. The fraction of sp³-hybridized carbons (Fsp3) is 0.500. The van der Waals surface area contributed by atoms with Crippen LogP contribution in [-0.4, -0.2) is 19.9 Å². The third kappa shape index (κ3) is 18.4. The Morgan fingerprint density at radius 1 is 0.290 bits per heavy atom. The van der Waals surface area contributed by atoms with E-state index in [1.54, 1.807) is 0 Å². The van der Waals surface area contributed by atoms with E-state index in [9.17, 15) is 0 Å². The third-order valence-electron chi connectivity index (χ3n) is 14.0. The largest absolute Gasteiger partial charge is 0.356 e. The minimum absolute atomic E-state index is 0.316. The first kappa shape index (κ1) is 53.4. The van der Waals surface area contributed by atoms with Gasteiger partial charge in [0.25, 0.3) is 0 Å². The molecule has 4 aromatic carbocycles. The highest BCUT2D eigenvalue weighted by atomic mass is 16.5. The average molecular weight is 927 g/mol. The van der Waals surface area contributed by atoms with Gasteiger partial charge in [0.15, 0.2) is 11.6 Å². The topological polar surface area (TPSA) is 60.8 Å². The molecule has 0 N–H and O–H groups in total. The van der Waals surface area contributed by atoms with Crippen LogP contribution in [0.5, 0.6) is 0 Å². The standard InChI is InChI=1S/C64H86N4O/c1-5-9-13-17-21-25-29-53-47-65-63(66-48-53)59-43-39-57(40-44-59)61(55-35-31-51(32-36-55)27-23-19-15-11-7-3)69-62(56-37-33-52(34-38-56)28-24-20-16-12-8-4)58-41-45-60(46-42-58)64-67-49-54(50-68-64)30-26-22-18-14-10-6-2/h31-50,61-62H,5-30H2,1-4H3. The van der Waals surface area contributed by atoms with E-state index in [1.807, 2.05) is 24.8 Å². The summed E-state index contributed by atoms with van der Waals surface area (Å²) in [6.45, 7) is 9.11. The van der Waals surface area contributed by atoms with Gasteiger partial charge in [-0.05, 0) is 95.9 Å². The van der Waals surface area contributed by atoms with Gasteiger partial charge in [-0.25, -0.2) is 19.9 Å². The highest BCUT2D eigenvalue weighted by molar-refractivity contribution is 5.57. The van der Waals surface area contributed by atoms with Crippen LogP contribution in [0.3, 0.4) is 0 Å². The zero-order chi connectivity index (χ0) is 48.1. The van der Waals surface area contributed by atoms with Crippen LogP contribution in [0.2, 0.25) is 0 Å². The van der Waals surface area contributed by atoms with Crippen LogP contribution in [0.25, 0.3) is 22.8 Å². The molecule has 5 nitrogen and oxygen atoms in total. The van der Waals surface area contributed by atoms with Gasteiger partial charge in [0.2, 0.25) is 0 Å². The Kier molecular flexibility index (Phi) is 24.2. The minimum atomic E-state index is -0.316. The van der Waals surface area contributed by atoms with Crippen LogP contribution in [0.1, 0.15) is 226 Å². The Labute approximate surface area is 418 Å². The van der Waals surface area contributed by atoms with Crippen molar-refractivity contribution in [3.8, 4) is 22.8 Å². The molecule has 2 heterocycles. The van der Waals surface area contributed by atoms with Gasteiger partial charge in [-0.1, -0.05) is 240 Å². The maximum absolute atomic E-state index is 7.52. The van der Waals surface area contributed by atoms with Crippen LogP contribution in [0.4, 0.5) is 0 Å². The van der Waals surface area contributed by atoms with Gasteiger partial charge in [-0.15, -0.1) is 0 Å². The van der Waals surface area contributed by atoms with E-state index < -0.39 is 0 Å². The molecule has 69 heavy (non-hydrogen) atoms. The average Bonchev–Trinajstić information content (AvgIpc) is 3.40. The molecule has 0 radical (unpaired) electrons. The Bertz CT molecular complexity index is 2070. The first-order valence-electron chi connectivity index (χ1n) is 27.7. The Hall–Kier alpha value is -5.00. The van der Waals surface area contributed by atoms with E-state index in [0.29, 0.717) is 0 Å². The second-order valence-electron chi connectivity index (χ2n) is 19.8. The van der Waals surface area contributed by atoms with E-state index in [4.69, 9.17) is 24.7 Å². The predicted octanol–water partition coefficient (Wildman–Crippen LogP) is 18.3. The normalized spacial score (nSPS) is 12.3. The number of hydrogen-bond donors (Lipinski definition) is 0. The molecule has 2 atom stereocenters. The van der Waals surface area contributed by atoms with Crippen LogP contribution in [0, 0.1) is 0 Å². The van der Waals surface area contributed by atoms with Crippen molar-refractivity contribution in [1.29, 1.82) is 0 Å². The first-order chi connectivity index (χ1) is 34.1. The molecule has 0 aliphatic rings. The lowest BCUT2D eigenvalue weighted by Gasteiger charge is -2.27. The zero-order valence-corrected chi connectivity index (χ0v) is 43.3. The highest BCUT2D eigenvalue weighted by Gasteiger charge is 2.24. The Balaban J connectivity index is 1.25. The van der Waals surface area contributed by atoms with Crippen LogP contribution in [0.15, 0.2) is 122 Å².